The van der Waals surface area contributed by atoms with Crippen molar-refractivity contribution in [1.29, 1.82) is 0 Å². The summed E-state index contributed by atoms with van der Waals surface area (Å²) in [6.45, 7) is 3.38. The van der Waals surface area contributed by atoms with Gasteiger partial charge in [0.05, 0.1) is 6.54 Å². The zero-order chi connectivity index (χ0) is 12.0. The van der Waals surface area contributed by atoms with Crippen molar-refractivity contribution < 1.29 is 14.3 Å². The SMILES string of the molecule is CC1CC(C(=O)NCCOC(N)=O)CCN1. The molecule has 4 N–H and O–H groups in total. The highest BCUT2D eigenvalue weighted by Gasteiger charge is 2.24. The highest BCUT2D eigenvalue weighted by Crippen LogP contribution is 2.15. The van der Waals surface area contributed by atoms with Crippen molar-refractivity contribution in [1.82, 2.24) is 10.6 Å². The predicted molar refractivity (Wildman–Crippen MR) is 58.7 cm³/mol. The molecule has 6 heteroatoms. The maximum absolute atomic E-state index is 11.7. The molecule has 0 bridgehead atoms. The Bertz CT molecular complexity index is 258. The molecule has 0 aliphatic carbocycles. The van der Waals surface area contributed by atoms with E-state index in [-0.39, 0.29) is 18.4 Å². The molecular formula is C10H19N3O3. The Morgan fingerprint density at radius 1 is 1.56 bits per heavy atom. The van der Waals surface area contributed by atoms with Crippen molar-refractivity contribution in [2.45, 2.75) is 25.8 Å². The number of carbonyl (C=O) groups excluding carboxylic acids is 2. The summed E-state index contributed by atoms with van der Waals surface area (Å²) < 4.78 is 4.51. The van der Waals surface area contributed by atoms with Crippen LogP contribution in [0.3, 0.4) is 0 Å². The maximum atomic E-state index is 11.7. The minimum Gasteiger partial charge on any atom is -0.448 e. The minimum atomic E-state index is -0.815. The van der Waals surface area contributed by atoms with Gasteiger partial charge in [0.2, 0.25) is 5.91 Å². The Labute approximate surface area is 94.9 Å². The summed E-state index contributed by atoms with van der Waals surface area (Å²) >= 11 is 0. The molecule has 16 heavy (non-hydrogen) atoms. The molecule has 2 atom stereocenters. The van der Waals surface area contributed by atoms with Crippen LogP contribution in [0.15, 0.2) is 0 Å². The number of nitrogens with two attached hydrogens (primary N) is 1. The maximum Gasteiger partial charge on any atom is 0.404 e. The monoisotopic (exact) mass is 229 g/mol. The zero-order valence-corrected chi connectivity index (χ0v) is 9.49. The number of primary amides is 1. The summed E-state index contributed by atoms with van der Waals surface area (Å²) in [5, 5.41) is 6.01. The molecule has 0 spiro atoms. The van der Waals surface area contributed by atoms with Gasteiger partial charge in [-0.1, -0.05) is 0 Å². The first-order valence-electron chi connectivity index (χ1n) is 5.53. The number of piperidine rings is 1. The van der Waals surface area contributed by atoms with Crippen LogP contribution in [0.4, 0.5) is 4.79 Å². The quantitative estimate of drug-likeness (QED) is 0.571. The minimum absolute atomic E-state index is 0.0291. The Balaban J connectivity index is 2.16. The fourth-order valence-electron chi connectivity index (χ4n) is 1.84. The Hall–Kier alpha value is -1.30. The van der Waals surface area contributed by atoms with Gasteiger partial charge >= 0.3 is 6.09 Å². The van der Waals surface area contributed by atoms with Gasteiger partial charge in [-0.25, -0.2) is 4.79 Å². The van der Waals surface area contributed by atoms with Crippen molar-refractivity contribution in [3.05, 3.63) is 0 Å². The van der Waals surface area contributed by atoms with E-state index in [2.05, 4.69) is 22.3 Å². The molecule has 1 aliphatic rings. The lowest BCUT2D eigenvalue weighted by Crippen LogP contribution is -2.43. The molecule has 2 amide bonds. The standard InChI is InChI=1S/C10H19N3O3/c1-7-6-8(2-3-12-7)9(14)13-4-5-16-10(11)15/h7-8,12H,2-6H2,1H3,(H2,11,15)(H,13,14). The lowest BCUT2D eigenvalue weighted by molar-refractivity contribution is -0.126. The number of rotatable bonds is 4. The number of nitrogens with one attached hydrogen (secondary N) is 2. The van der Waals surface area contributed by atoms with E-state index in [4.69, 9.17) is 5.73 Å². The Morgan fingerprint density at radius 2 is 2.31 bits per heavy atom. The summed E-state index contributed by atoms with van der Waals surface area (Å²) in [5.41, 5.74) is 4.79. The van der Waals surface area contributed by atoms with Crippen molar-refractivity contribution in [2.75, 3.05) is 19.7 Å². The summed E-state index contributed by atoms with van der Waals surface area (Å²) in [5.74, 6) is 0.0891. The molecule has 1 rings (SSSR count). The second-order valence-electron chi connectivity index (χ2n) is 4.03. The third kappa shape index (κ3) is 4.48. The average Bonchev–Trinajstić information content (AvgIpc) is 2.24. The average molecular weight is 229 g/mol. The van der Waals surface area contributed by atoms with Gasteiger partial charge in [0, 0.05) is 12.0 Å². The third-order valence-electron chi connectivity index (χ3n) is 2.64. The smallest absolute Gasteiger partial charge is 0.404 e. The van der Waals surface area contributed by atoms with E-state index in [1.165, 1.54) is 0 Å². The van der Waals surface area contributed by atoms with E-state index < -0.39 is 6.09 Å². The molecule has 6 nitrogen and oxygen atoms in total. The second-order valence-corrected chi connectivity index (χ2v) is 4.03. The Morgan fingerprint density at radius 3 is 2.94 bits per heavy atom. The fraction of sp³-hybridized carbons (Fsp3) is 0.800. The molecule has 1 saturated heterocycles. The lowest BCUT2D eigenvalue weighted by atomic mass is 9.92. The summed E-state index contributed by atoms with van der Waals surface area (Å²) in [4.78, 5) is 21.9. The van der Waals surface area contributed by atoms with E-state index in [0.717, 1.165) is 19.4 Å². The first kappa shape index (κ1) is 12.8. The van der Waals surface area contributed by atoms with Gasteiger partial charge in [-0.15, -0.1) is 0 Å². The first-order chi connectivity index (χ1) is 7.59. The van der Waals surface area contributed by atoms with Crippen LogP contribution in [-0.2, 0) is 9.53 Å². The highest BCUT2D eigenvalue weighted by molar-refractivity contribution is 5.78. The molecule has 0 aromatic carbocycles. The summed E-state index contributed by atoms with van der Waals surface area (Å²) in [7, 11) is 0. The van der Waals surface area contributed by atoms with Crippen LogP contribution in [0.2, 0.25) is 0 Å². The van der Waals surface area contributed by atoms with Crippen molar-refractivity contribution in [3.63, 3.8) is 0 Å². The van der Waals surface area contributed by atoms with Crippen LogP contribution < -0.4 is 16.4 Å². The topological polar surface area (TPSA) is 93.4 Å². The number of hydrogen-bond acceptors (Lipinski definition) is 4. The lowest BCUT2D eigenvalue weighted by Gasteiger charge is -2.27. The molecule has 1 aliphatic heterocycles. The molecule has 92 valence electrons. The van der Waals surface area contributed by atoms with Crippen molar-refractivity contribution in [2.24, 2.45) is 11.7 Å². The largest absolute Gasteiger partial charge is 0.448 e. The van der Waals surface area contributed by atoms with Gasteiger partial charge in [-0.05, 0) is 26.3 Å². The Kier molecular flexibility index (Phi) is 5.04. The third-order valence-corrected chi connectivity index (χ3v) is 2.64. The highest BCUT2D eigenvalue weighted by atomic mass is 16.5. The number of hydrogen-bond donors (Lipinski definition) is 3. The number of carbonyl (C=O) groups is 2. The molecule has 1 heterocycles. The second kappa shape index (κ2) is 6.32. The van der Waals surface area contributed by atoms with Gasteiger partial charge in [-0.2, -0.15) is 0 Å². The van der Waals surface area contributed by atoms with Gasteiger partial charge in [0.1, 0.15) is 6.61 Å². The van der Waals surface area contributed by atoms with Crippen molar-refractivity contribution in [3.8, 4) is 0 Å². The summed E-state index contributed by atoms with van der Waals surface area (Å²) in [6.07, 6.45) is 0.889. The number of amides is 2. The molecule has 0 radical (unpaired) electrons. The van der Waals surface area contributed by atoms with Crippen LogP contribution in [0.5, 0.6) is 0 Å². The van der Waals surface area contributed by atoms with Crippen LogP contribution >= 0.6 is 0 Å². The first-order valence-corrected chi connectivity index (χ1v) is 5.53. The summed E-state index contributed by atoms with van der Waals surface area (Å²) in [6, 6.07) is 0.381. The predicted octanol–water partition coefficient (Wildman–Crippen LogP) is -0.414. The molecule has 2 unspecified atom stereocenters. The molecule has 0 aromatic heterocycles. The van der Waals surface area contributed by atoms with Gasteiger partial charge < -0.3 is 21.1 Å². The van der Waals surface area contributed by atoms with Crippen LogP contribution in [0.25, 0.3) is 0 Å². The van der Waals surface area contributed by atoms with Crippen LogP contribution in [-0.4, -0.2) is 37.7 Å². The van der Waals surface area contributed by atoms with E-state index in [1.807, 2.05) is 0 Å². The molecular weight excluding hydrogens is 210 g/mol. The van der Waals surface area contributed by atoms with Gasteiger partial charge in [0.15, 0.2) is 0 Å². The van der Waals surface area contributed by atoms with Crippen LogP contribution in [0.1, 0.15) is 19.8 Å². The fourth-order valence-corrected chi connectivity index (χ4v) is 1.84. The van der Waals surface area contributed by atoms with E-state index in [9.17, 15) is 9.59 Å². The number of ether oxygens (including phenoxy) is 1. The normalized spacial score (nSPS) is 24.8. The van der Waals surface area contributed by atoms with E-state index in [0.29, 0.717) is 12.6 Å². The van der Waals surface area contributed by atoms with Crippen molar-refractivity contribution >= 4 is 12.0 Å². The van der Waals surface area contributed by atoms with Crippen LogP contribution in [0, 0.1) is 5.92 Å². The van der Waals surface area contributed by atoms with Gasteiger partial charge in [-0.3, -0.25) is 4.79 Å². The van der Waals surface area contributed by atoms with E-state index >= 15 is 0 Å². The van der Waals surface area contributed by atoms with Gasteiger partial charge in [0.25, 0.3) is 0 Å². The van der Waals surface area contributed by atoms with E-state index in [1.54, 1.807) is 0 Å². The molecule has 0 saturated carbocycles. The zero-order valence-electron chi connectivity index (χ0n) is 9.49. The molecule has 1 fully saturated rings. The molecule has 0 aromatic rings.